The van der Waals surface area contributed by atoms with Gasteiger partial charge >= 0.3 is 0 Å². The summed E-state index contributed by atoms with van der Waals surface area (Å²) >= 11 is 0. The Morgan fingerprint density at radius 2 is 1.86 bits per heavy atom. The van der Waals surface area contributed by atoms with Gasteiger partial charge in [0.05, 0.1) is 11.1 Å². The number of aromatic nitrogens is 1. The molecule has 0 radical (unpaired) electrons. The maximum atomic E-state index is 12.8. The van der Waals surface area contributed by atoms with Gasteiger partial charge in [-0.1, -0.05) is 30.3 Å². The van der Waals surface area contributed by atoms with Crippen LogP contribution in [0.1, 0.15) is 11.1 Å². The number of sulfonamides is 1. The number of nitrogens with zero attached hydrogens (tertiary/aromatic N) is 2. The van der Waals surface area contributed by atoms with E-state index in [1.807, 2.05) is 42.5 Å². The average Bonchev–Trinajstić information content (AvgIpc) is 2.91. The lowest BCUT2D eigenvalue weighted by Gasteiger charge is -2.14. The molecule has 0 fully saturated rings. The number of hydrogen-bond donors (Lipinski definition) is 4. The van der Waals surface area contributed by atoms with Gasteiger partial charge in [-0.3, -0.25) is 9.71 Å². The van der Waals surface area contributed by atoms with Gasteiger partial charge in [0.25, 0.3) is 10.0 Å². The summed E-state index contributed by atoms with van der Waals surface area (Å²) in [5, 5.41) is 23.1. The van der Waals surface area contributed by atoms with Crippen LogP contribution in [0.3, 0.4) is 0 Å². The smallest absolute Gasteiger partial charge is 0.263 e. The summed E-state index contributed by atoms with van der Waals surface area (Å²) in [6.07, 6.45) is 1.31. The predicted octanol–water partition coefficient (Wildman–Crippen LogP) is 3.06. The minimum Gasteiger partial charge on any atom is -0.491 e. The lowest BCUT2D eigenvalue weighted by atomic mass is 10.1. The first-order chi connectivity index (χ1) is 17.8. The lowest BCUT2D eigenvalue weighted by Crippen LogP contribution is -2.32. The number of para-hydroxylation sites is 1. The molecule has 4 rings (SSSR count). The zero-order valence-corrected chi connectivity index (χ0v) is 20.8. The molecule has 1 heterocycles. The number of fused-ring (bicyclic) bond motifs is 1. The molecule has 4 aromatic rings. The number of pyridine rings is 1. The number of nitriles is 1. The van der Waals surface area contributed by atoms with Crippen molar-refractivity contribution < 1.29 is 18.3 Å². The number of nitrogen functional groups attached to an aromatic ring is 1. The Kier molecular flexibility index (Phi) is 8.20. The van der Waals surface area contributed by atoms with Crippen LogP contribution in [0, 0.1) is 11.3 Å². The number of aliphatic hydroxyl groups excluding tert-OH is 1. The lowest BCUT2D eigenvalue weighted by molar-refractivity contribution is 0.106. The van der Waals surface area contributed by atoms with E-state index >= 15 is 0 Å². The molecule has 0 spiro atoms. The molecule has 37 heavy (non-hydrogen) atoms. The molecule has 0 amide bonds. The first-order valence-electron chi connectivity index (χ1n) is 11.6. The van der Waals surface area contributed by atoms with Crippen LogP contribution in [0.25, 0.3) is 10.9 Å². The Labute approximate surface area is 215 Å². The van der Waals surface area contributed by atoms with E-state index in [-0.39, 0.29) is 11.5 Å². The second kappa shape index (κ2) is 11.7. The summed E-state index contributed by atoms with van der Waals surface area (Å²) in [4.78, 5) is 4.33. The van der Waals surface area contributed by atoms with E-state index in [0.29, 0.717) is 42.2 Å². The van der Waals surface area contributed by atoms with Crippen LogP contribution in [0.2, 0.25) is 0 Å². The van der Waals surface area contributed by atoms with E-state index in [0.717, 1.165) is 16.5 Å². The van der Waals surface area contributed by atoms with Crippen molar-refractivity contribution >= 4 is 32.3 Å². The van der Waals surface area contributed by atoms with Crippen LogP contribution in [-0.2, 0) is 16.4 Å². The number of nitrogens with one attached hydrogen (secondary N) is 2. The highest BCUT2D eigenvalue weighted by atomic mass is 32.2. The predicted molar refractivity (Wildman–Crippen MR) is 143 cm³/mol. The molecule has 0 saturated heterocycles. The minimum atomic E-state index is -3.77. The quantitative estimate of drug-likeness (QED) is 0.175. The second-order valence-corrected chi connectivity index (χ2v) is 10.1. The summed E-state index contributed by atoms with van der Waals surface area (Å²) in [5.41, 5.74) is 8.60. The van der Waals surface area contributed by atoms with Gasteiger partial charge in [-0.05, 0) is 61.0 Å². The van der Waals surface area contributed by atoms with Crippen molar-refractivity contribution in [2.24, 2.45) is 0 Å². The molecule has 3 aromatic carbocycles. The SMILES string of the molecule is N#Cc1cc(OCC(O)CNCCc2ccc(NS(=O)(=O)c3cnc4ccccc4c3)cc2)ccc1N. The summed E-state index contributed by atoms with van der Waals surface area (Å²) in [7, 11) is -3.77. The number of nitrogens with two attached hydrogens (primary N) is 1. The third-order valence-electron chi connectivity index (χ3n) is 5.64. The summed E-state index contributed by atoms with van der Waals surface area (Å²) in [5.74, 6) is 0.470. The van der Waals surface area contributed by atoms with Gasteiger partial charge in [-0.15, -0.1) is 0 Å². The zero-order chi connectivity index (χ0) is 26.3. The van der Waals surface area contributed by atoms with Crippen LogP contribution in [0.5, 0.6) is 5.75 Å². The van der Waals surface area contributed by atoms with Crippen molar-refractivity contribution in [3.05, 3.63) is 90.1 Å². The molecule has 1 unspecified atom stereocenters. The fraction of sp³-hybridized carbons (Fsp3) is 0.185. The third kappa shape index (κ3) is 6.95. The highest BCUT2D eigenvalue weighted by Crippen LogP contribution is 2.21. The van der Waals surface area contributed by atoms with Crippen LogP contribution in [0.15, 0.2) is 83.9 Å². The zero-order valence-electron chi connectivity index (χ0n) is 20.0. The Bertz CT molecular complexity index is 1520. The molecule has 5 N–H and O–H groups in total. The topological polar surface area (TPSA) is 150 Å². The first kappa shape index (κ1) is 25.9. The Hall–Kier alpha value is -4.17. The number of rotatable bonds is 11. The number of aliphatic hydroxyl groups is 1. The highest BCUT2D eigenvalue weighted by Gasteiger charge is 2.15. The van der Waals surface area contributed by atoms with Gasteiger partial charge in [-0.2, -0.15) is 5.26 Å². The van der Waals surface area contributed by atoms with Crippen molar-refractivity contribution in [2.75, 3.05) is 30.2 Å². The van der Waals surface area contributed by atoms with E-state index in [9.17, 15) is 13.5 Å². The molecular formula is C27H27N5O4S. The molecule has 0 aliphatic carbocycles. The van der Waals surface area contributed by atoms with Gasteiger partial charge in [0.1, 0.15) is 29.4 Å². The molecule has 1 atom stereocenters. The first-order valence-corrected chi connectivity index (χ1v) is 13.1. The van der Waals surface area contributed by atoms with Crippen LogP contribution >= 0.6 is 0 Å². The van der Waals surface area contributed by atoms with Gasteiger partial charge in [-0.25, -0.2) is 8.42 Å². The largest absolute Gasteiger partial charge is 0.491 e. The van der Waals surface area contributed by atoms with Crippen LogP contribution < -0.4 is 20.5 Å². The summed E-state index contributed by atoms with van der Waals surface area (Å²) in [6.45, 7) is 1.02. The number of ether oxygens (including phenoxy) is 1. The van der Waals surface area contributed by atoms with Gasteiger partial charge < -0.3 is 20.9 Å². The molecule has 0 bridgehead atoms. The van der Waals surface area contributed by atoms with Crippen LogP contribution in [0.4, 0.5) is 11.4 Å². The fourth-order valence-corrected chi connectivity index (χ4v) is 4.66. The molecule has 0 aliphatic heterocycles. The van der Waals surface area contributed by atoms with Crippen molar-refractivity contribution in [1.29, 1.82) is 5.26 Å². The Morgan fingerprint density at radius 3 is 2.65 bits per heavy atom. The molecule has 10 heteroatoms. The van der Waals surface area contributed by atoms with Gasteiger partial charge in [0, 0.05) is 29.5 Å². The second-order valence-electron chi connectivity index (χ2n) is 8.45. The molecular weight excluding hydrogens is 490 g/mol. The summed E-state index contributed by atoms with van der Waals surface area (Å²) in [6, 6.07) is 22.8. The number of anilines is 2. The number of hydrogen-bond acceptors (Lipinski definition) is 8. The highest BCUT2D eigenvalue weighted by molar-refractivity contribution is 7.92. The maximum Gasteiger partial charge on any atom is 0.263 e. The van der Waals surface area contributed by atoms with E-state index < -0.39 is 16.1 Å². The Balaban J connectivity index is 1.22. The molecule has 9 nitrogen and oxygen atoms in total. The van der Waals surface area contributed by atoms with Crippen LogP contribution in [-0.4, -0.2) is 44.3 Å². The fourth-order valence-electron chi connectivity index (χ4n) is 3.63. The molecule has 1 aromatic heterocycles. The van der Waals surface area contributed by atoms with Crippen molar-refractivity contribution in [1.82, 2.24) is 10.3 Å². The molecule has 190 valence electrons. The summed E-state index contributed by atoms with van der Waals surface area (Å²) < 4.78 is 33.7. The molecule has 0 saturated carbocycles. The Morgan fingerprint density at radius 1 is 1.08 bits per heavy atom. The van der Waals surface area contributed by atoms with Crippen molar-refractivity contribution in [3.8, 4) is 11.8 Å². The minimum absolute atomic E-state index is 0.0728. The van der Waals surface area contributed by atoms with Gasteiger partial charge in [0.15, 0.2) is 0 Å². The third-order valence-corrected chi connectivity index (χ3v) is 6.99. The van der Waals surface area contributed by atoms with E-state index in [4.69, 9.17) is 15.7 Å². The maximum absolute atomic E-state index is 12.8. The molecule has 0 aliphatic rings. The average molecular weight is 518 g/mol. The van der Waals surface area contributed by atoms with E-state index in [1.165, 1.54) is 12.3 Å². The van der Waals surface area contributed by atoms with E-state index in [2.05, 4.69) is 15.0 Å². The van der Waals surface area contributed by atoms with Crippen molar-refractivity contribution in [3.63, 3.8) is 0 Å². The number of benzene rings is 3. The standard InChI is InChI=1S/C27H27N5O4S/c28-15-21-13-24(9-10-26(21)29)36-18-23(33)16-30-12-11-19-5-7-22(8-6-19)32-37(34,35)25-14-20-3-1-2-4-27(20)31-17-25/h1-10,13-14,17,23,30,32-33H,11-12,16,18,29H2. The van der Waals surface area contributed by atoms with Crippen molar-refractivity contribution in [2.45, 2.75) is 17.4 Å². The van der Waals surface area contributed by atoms with Gasteiger partial charge in [0.2, 0.25) is 0 Å². The normalized spacial score (nSPS) is 12.1. The van der Waals surface area contributed by atoms with E-state index in [1.54, 1.807) is 30.3 Å². The monoisotopic (exact) mass is 517 g/mol.